The van der Waals surface area contributed by atoms with Crippen molar-refractivity contribution in [3.63, 3.8) is 0 Å². The average Bonchev–Trinajstić information content (AvgIpc) is 1.97. The minimum absolute atomic E-state index is 0.195. The average molecular weight is 239 g/mol. The Morgan fingerprint density at radius 3 is 2.19 bits per heavy atom. The van der Waals surface area contributed by atoms with Crippen molar-refractivity contribution in [1.29, 1.82) is 0 Å². The molecule has 0 radical (unpaired) electrons. The van der Waals surface area contributed by atoms with Gasteiger partial charge in [0.15, 0.2) is 0 Å². The van der Waals surface area contributed by atoms with Gasteiger partial charge in [0, 0.05) is 6.54 Å². The molecule has 1 saturated carbocycles. The third-order valence-corrected chi connectivity index (χ3v) is 2.75. The van der Waals surface area contributed by atoms with Gasteiger partial charge in [-0.2, -0.15) is 13.2 Å². The molecule has 0 atom stereocenters. The number of amides is 1. The number of hydrogen-bond donors (Lipinski definition) is 2. The summed E-state index contributed by atoms with van der Waals surface area (Å²) < 4.78 is 35.4. The minimum Gasteiger partial charge on any atom is -0.480 e. The first-order valence-electron chi connectivity index (χ1n) is 4.86. The van der Waals surface area contributed by atoms with Gasteiger partial charge in [0.2, 0.25) is 5.91 Å². The first-order chi connectivity index (χ1) is 7.28. The van der Waals surface area contributed by atoms with Crippen LogP contribution in [-0.4, -0.2) is 29.7 Å². The van der Waals surface area contributed by atoms with Crippen molar-refractivity contribution in [3.8, 4) is 0 Å². The molecule has 7 heteroatoms. The van der Waals surface area contributed by atoms with Crippen LogP contribution in [0.4, 0.5) is 13.2 Å². The fraction of sp³-hybridized carbons (Fsp3) is 0.778. The van der Waals surface area contributed by atoms with E-state index in [2.05, 4.69) is 0 Å². The van der Waals surface area contributed by atoms with Gasteiger partial charge in [-0.3, -0.25) is 9.59 Å². The van der Waals surface area contributed by atoms with Crippen LogP contribution >= 0.6 is 0 Å². The Hall–Kier alpha value is -1.27. The third-order valence-electron chi connectivity index (χ3n) is 2.75. The van der Waals surface area contributed by atoms with E-state index in [1.165, 1.54) is 0 Å². The van der Waals surface area contributed by atoms with Gasteiger partial charge < -0.3 is 10.4 Å². The molecule has 1 amide bonds. The number of carbonyl (C=O) groups is 2. The van der Waals surface area contributed by atoms with E-state index < -0.39 is 36.4 Å². The molecule has 1 fully saturated rings. The SMILES string of the molecule is O=C(O)C1(C(=O)NCCC(F)(F)F)CCC1. The van der Waals surface area contributed by atoms with Crippen LogP contribution in [0, 0.1) is 5.41 Å². The molecular weight excluding hydrogens is 227 g/mol. The molecule has 16 heavy (non-hydrogen) atoms. The van der Waals surface area contributed by atoms with Crippen molar-refractivity contribution in [2.24, 2.45) is 5.41 Å². The molecule has 0 unspecified atom stereocenters. The third kappa shape index (κ3) is 2.65. The van der Waals surface area contributed by atoms with E-state index in [9.17, 15) is 22.8 Å². The summed E-state index contributed by atoms with van der Waals surface area (Å²) in [7, 11) is 0. The molecule has 0 heterocycles. The summed E-state index contributed by atoms with van der Waals surface area (Å²) in [5, 5.41) is 10.9. The normalized spacial score (nSPS) is 18.7. The predicted octanol–water partition coefficient (Wildman–Crippen LogP) is 1.31. The molecule has 1 rings (SSSR count). The van der Waals surface area contributed by atoms with Gasteiger partial charge in [-0.15, -0.1) is 0 Å². The van der Waals surface area contributed by atoms with Crippen molar-refractivity contribution in [2.45, 2.75) is 31.9 Å². The molecule has 0 saturated heterocycles. The molecular formula is C9H12F3NO3. The fourth-order valence-electron chi connectivity index (χ4n) is 1.56. The molecule has 92 valence electrons. The zero-order chi connectivity index (χ0) is 12.4. The first kappa shape index (κ1) is 12.8. The molecule has 0 spiro atoms. The van der Waals surface area contributed by atoms with E-state index in [-0.39, 0.29) is 12.8 Å². The van der Waals surface area contributed by atoms with Crippen LogP contribution < -0.4 is 5.32 Å². The van der Waals surface area contributed by atoms with Crippen LogP contribution in [-0.2, 0) is 9.59 Å². The Kier molecular flexibility index (Phi) is 3.44. The predicted molar refractivity (Wildman–Crippen MR) is 47.6 cm³/mol. The highest BCUT2D eigenvalue weighted by molar-refractivity contribution is 6.02. The molecule has 0 aromatic carbocycles. The summed E-state index contributed by atoms with van der Waals surface area (Å²) >= 11 is 0. The topological polar surface area (TPSA) is 66.4 Å². The second-order valence-corrected chi connectivity index (χ2v) is 3.86. The van der Waals surface area contributed by atoms with Gasteiger partial charge in [-0.05, 0) is 12.8 Å². The van der Waals surface area contributed by atoms with E-state index in [1.54, 1.807) is 0 Å². The molecule has 0 aromatic heterocycles. The van der Waals surface area contributed by atoms with E-state index in [4.69, 9.17) is 5.11 Å². The van der Waals surface area contributed by atoms with E-state index in [0.29, 0.717) is 6.42 Å². The maximum absolute atomic E-state index is 11.8. The lowest BCUT2D eigenvalue weighted by Crippen LogP contribution is -2.51. The lowest BCUT2D eigenvalue weighted by Gasteiger charge is -2.35. The fourth-order valence-corrected chi connectivity index (χ4v) is 1.56. The Labute approximate surface area is 89.8 Å². The van der Waals surface area contributed by atoms with E-state index >= 15 is 0 Å². The molecule has 0 aromatic rings. The van der Waals surface area contributed by atoms with Gasteiger partial charge >= 0.3 is 12.1 Å². The molecule has 2 N–H and O–H groups in total. The molecule has 1 aliphatic carbocycles. The minimum atomic E-state index is -4.34. The number of hydrogen-bond acceptors (Lipinski definition) is 2. The molecule has 4 nitrogen and oxygen atoms in total. The molecule has 0 aliphatic heterocycles. The first-order valence-corrected chi connectivity index (χ1v) is 4.86. The van der Waals surface area contributed by atoms with Crippen LogP contribution in [0.5, 0.6) is 0 Å². The highest BCUT2D eigenvalue weighted by Gasteiger charge is 2.51. The molecule has 1 aliphatic rings. The van der Waals surface area contributed by atoms with Crippen LogP contribution in [0.2, 0.25) is 0 Å². The van der Waals surface area contributed by atoms with Crippen molar-refractivity contribution in [1.82, 2.24) is 5.32 Å². The number of rotatable bonds is 4. The highest BCUT2D eigenvalue weighted by Crippen LogP contribution is 2.41. The van der Waals surface area contributed by atoms with Crippen molar-refractivity contribution in [2.75, 3.05) is 6.54 Å². The Bertz CT molecular complexity index is 297. The zero-order valence-electron chi connectivity index (χ0n) is 8.43. The Morgan fingerprint density at radius 1 is 1.31 bits per heavy atom. The summed E-state index contributed by atoms with van der Waals surface area (Å²) in [6.07, 6.45) is -4.49. The lowest BCUT2D eigenvalue weighted by atomic mass is 9.68. The highest BCUT2D eigenvalue weighted by atomic mass is 19.4. The number of halogens is 3. The summed E-state index contributed by atoms with van der Waals surface area (Å²) in [6.45, 7) is -0.572. The standard InChI is InChI=1S/C9H12F3NO3/c10-9(11,12)4-5-13-6(14)8(7(15)16)2-1-3-8/h1-5H2,(H,13,14)(H,15,16). The number of carboxylic acid groups (broad SMARTS) is 1. The number of aliphatic carboxylic acids is 1. The van der Waals surface area contributed by atoms with Gasteiger partial charge in [0.1, 0.15) is 5.41 Å². The summed E-state index contributed by atoms with van der Waals surface area (Å²) in [4.78, 5) is 22.2. The van der Waals surface area contributed by atoms with Gasteiger partial charge in [-0.25, -0.2) is 0 Å². The van der Waals surface area contributed by atoms with Gasteiger partial charge in [0.25, 0.3) is 0 Å². The summed E-state index contributed by atoms with van der Waals surface area (Å²) in [5.74, 6) is -2.07. The number of nitrogens with one attached hydrogen (secondary N) is 1. The van der Waals surface area contributed by atoms with Crippen molar-refractivity contribution < 1.29 is 27.9 Å². The summed E-state index contributed by atoms with van der Waals surface area (Å²) in [5.41, 5.74) is -1.49. The van der Waals surface area contributed by atoms with Crippen LogP contribution in [0.15, 0.2) is 0 Å². The molecule has 0 bridgehead atoms. The van der Waals surface area contributed by atoms with Crippen LogP contribution in [0.3, 0.4) is 0 Å². The number of carbonyl (C=O) groups excluding carboxylic acids is 1. The van der Waals surface area contributed by atoms with E-state index in [0.717, 1.165) is 0 Å². The smallest absolute Gasteiger partial charge is 0.390 e. The monoisotopic (exact) mass is 239 g/mol. The lowest BCUT2D eigenvalue weighted by molar-refractivity contribution is -0.162. The number of carboxylic acids is 1. The Balaban J connectivity index is 2.43. The van der Waals surface area contributed by atoms with Crippen molar-refractivity contribution in [3.05, 3.63) is 0 Å². The zero-order valence-corrected chi connectivity index (χ0v) is 8.43. The van der Waals surface area contributed by atoms with Gasteiger partial charge in [0.05, 0.1) is 6.42 Å². The van der Waals surface area contributed by atoms with Crippen LogP contribution in [0.25, 0.3) is 0 Å². The maximum atomic E-state index is 11.8. The largest absolute Gasteiger partial charge is 0.480 e. The summed E-state index contributed by atoms with van der Waals surface area (Å²) in [6, 6.07) is 0. The van der Waals surface area contributed by atoms with Crippen molar-refractivity contribution >= 4 is 11.9 Å². The number of alkyl halides is 3. The van der Waals surface area contributed by atoms with Gasteiger partial charge in [-0.1, -0.05) is 6.42 Å². The van der Waals surface area contributed by atoms with E-state index in [1.807, 2.05) is 5.32 Å². The van der Waals surface area contributed by atoms with Crippen LogP contribution in [0.1, 0.15) is 25.7 Å². The second kappa shape index (κ2) is 4.31. The second-order valence-electron chi connectivity index (χ2n) is 3.86. The Morgan fingerprint density at radius 2 is 1.88 bits per heavy atom. The maximum Gasteiger partial charge on any atom is 0.390 e. The quantitative estimate of drug-likeness (QED) is 0.727.